The van der Waals surface area contributed by atoms with Gasteiger partial charge in [0.15, 0.2) is 0 Å². The van der Waals surface area contributed by atoms with Crippen LogP contribution in [-0.2, 0) is 22.2 Å². The van der Waals surface area contributed by atoms with Crippen LogP contribution in [-0.4, -0.2) is 54.1 Å². The largest absolute Gasteiger partial charge is 0.480 e. The zero-order chi connectivity index (χ0) is 19.9. The number of fused-ring (bicyclic) bond motifs is 1. The van der Waals surface area contributed by atoms with E-state index in [1.54, 1.807) is 13.8 Å². The van der Waals surface area contributed by atoms with E-state index in [1.807, 2.05) is 0 Å². The van der Waals surface area contributed by atoms with Gasteiger partial charge < -0.3 is 10.0 Å². The summed E-state index contributed by atoms with van der Waals surface area (Å²) in [6.45, 7) is 3.61. The molecule has 1 aliphatic rings. The van der Waals surface area contributed by atoms with Crippen molar-refractivity contribution < 1.29 is 27.9 Å². The summed E-state index contributed by atoms with van der Waals surface area (Å²) in [6, 6.07) is -0.815. The Kier molecular flexibility index (Phi) is 4.79. The van der Waals surface area contributed by atoms with Gasteiger partial charge in [-0.15, -0.1) is 5.10 Å². The number of carboxylic acids is 1. The van der Waals surface area contributed by atoms with Crippen LogP contribution >= 0.6 is 0 Å². The SMILES string of the molecule is Cc1nc2nc(C(F)(F)F)nn2c(C)c1CCC(=O)N1CCC[C@@H]1C(=O)O. The average Bonchev–Trinajstić information content (AvgIpc) is 3.20. The Morgan fingerprint density at radius 1 is 1.26 bits per heavy atom. The first-order valence-electron chi connectivity index (χ1n) is 8.42. The number of likely N-dealkylation sites (tertiary alicyclic amines) is 1. The number of hydrogen-bond donors (Lipinski definition) is 1. The number of nitrogens with zero attached hydrogens (tertiary/aromatic N) is 5. The van der Waals surface area contributed by atoms with Gasteiger partial charge in [0.05, 0.1) is 0 Å². The molecule has 0 saturated carbocycles. The Bertz CT molecular complexity index is 909. The number of carbonyl (C=O) groups is 2. The van der Waals surface area contributed by atoms with Crippen molar-refractivity contribution in [3.8, 4) is 0 Å². The number of carboxylic acid groups (broad SMARTS) is 1. The maximum atomic E-state index is 12.8. The van der Waals surface area contributed by atoms with Crippen LogP contribution < -0.4 is 0 Å². The lowest BCUT2D eigenvalue weighted by Gasteiger charge is -2.21. The maximum Gasteiger partial charge on any atom is 0.453 e. The molecule has 3 heterocycles. The molecular formula is C16H18F3N5O3. The van der Waals surface area contributed by atoms with Gasteiger partial charge in [0.1, 0.15) is 6.04 Å². The summed E-state index contributed by atoms with van der Waals surface area (Å²) >= 11 is 0. The number of rotatable bonds is 4. The van der Waals surface area contributed by atoms with E-state index in [2.05, 4.69) is 15.1 Å². The summed E-state index contributed by atoms with van der Waals surface area (Å²) in [5.41, 5.74) is 1.48. The second kappa shape index (κ2) is 6.78. The quantitative estimate of drug-likeness (QED) is 0.861. The molecule has 2 aromatic heterocycles. The molecule has 0 spiro atoms. The third-order valence-corrected chi connectivity index (χ3v) is 4.75. The number of amides is 1. The molecule has 11 heteroatoms. The minimum absolute atomic E-state index is 0.0411. The monoisotopic (exact) mass is 385 g/mol. The van der Waals surface area contributed by atoms with Crippen LogP contribution in [0.1, 0.15) is 42.0 Å². The Balaban J connectivity index is 1.82. The normalized spacial score (nSPS) is 17.7. The van der Waals surface area contributed by atoms with Crippen molar-refractivity contribution in [1.29, 1.82) is 0 Å². The summed E-state index contributed by atoms with van der Waals surface area (Å²) in [5, 5.41) is 12.6. The highest BCUT2D eigenvalue weighted by Crippen LogP contribution is 2.27. The summed E-state index contributed by atoms with van der Waals surface area (Å²) in [7, 11) is 0. The highest BCUT2D eigenvalue weighted by Gasteiger charge is 2.37. The van der Waals surface area contributed by atoms with Gasteiger partial charge in [0, 0.05) is 24.4 Å². The summed E-state index contributed by atoms with van der Waals surface area (Å²) < 4.78 is 39.5. The molecule has 1 aliphatic heterocycles. The predicted octanol–water partition coefficient (Wildman–Crippen LogP) is 1.77. The van der Waals surface area contributed by atoms with E-state index in [4.69, 9.17) is 0 Å². The highest BCUT2D eigenvalue weighted by molar-refractivity contribution is 5.84. The fourth-order valence-corrected chi connectivity index (χ4v) is 3.39. The van der Waals surface area contributed by atoms with Gasteiger partial charge in [-0.2, -0.15) is 18.2 Å². The number of halogens is 3. The minimum Gasteiger partial charge on any atom is -0.480 e. The van der Waals surface area contributed by atoms with E-state index in [0.717, 1.165) is 4.52 Å². The second-order valence-electron chi connectivity index (χ2n) is 6.49. The van der Waals surface area contributed by atoms with Crippen molar-refractivity contribution in [2.45, 2.75) is 51.7 Å². The van der Waals surface area contributed by atoms with Crippen LogP contribution in [0.3, 0.4) is 0 Å². The number of aromatic nitrogens is 4. The van der Waals surface area contributed by atoms with Crippen LogP contribution in [0.25, 0.3) is 5.78 Å². The first-order chi connectivity index (χ1) is 12.6. The first kappa shape index (κ1) is 19.1. The highest BCUT2D eigenvalue weighted by atomic mass is 19.4. The number of aliphatic carboxylic acids is 1. The third kappa shape index (κ3) is 3.58. The van der Waals surface area contributed by atoms with Gasteiger partial charge in [0.2, 0.25) is 5.91 Å². The van der Waals surface area contributed by atoms with Crippen molar-refractivity contribution in [2.75, 3.05) is 6.54 Å². The van der Waals surface area contributed by atoms with Gasteiger partial charge in [-0.05, 0) is 38.7 Å². The van der Waals surface area contributed by atoms with Crippen LogP contribution in [0, 0.1) is 13.8 Å². The maximum absolute atomic E-state index is 12.8. The molecule has 27 heavy (non-hydrogen) atoms. The van der Waals surface area contributed by atoms with Gasteiger partial charge in [-0.3, -0.25) is 4.79 Å². The van der Waals surface area contributed by atoms with Gasteiger partial charge in [0.25, 0.3) is 11.6 Å². The standard InChI is InChI=1S/C16H18F3N5O3/c1-8-10(5-6-12(25)23-7-3-4-11(23)13(26)27)9(2)24-15(20-8)21-14(22-24)16(17,18)19/h11H,3-7H2,1-2H3,(H,26,27)/t11-/m1/s1. The number of alkyl halides is 3. The van der Waals surface area contributed by atoms with Gasteiger partial charge in [-0.1, -0.05) is 0 Å². The molecule has 1 saturated heterocycles. The lowest BCUT2D eigenvalue weighted by atomic mass is 10.1. The van der Waals surface area contributed by atoms with Crippen LogP contribution in [0.5, 0.6) is 0 Å². The fraction of sp³-hybridized carbons (Fsp3) is 0.562. The number of carbonyl (C=O) groups excluding carboxylic acids is 1. The Morgan fingerprint density at radius 3 is 2.59 bits per heavy atom. The van der Waals surface area contributed by atoms with Crippen LogP contribution in [0.15, 0.2) is 0 Å². The molecule has 1 N–H and O–H groups in total. The second-order valence-corrected chi connectivity index (χ2v) is 6.49. The summed E-state index contributed by atoms with van der Waals surface area (Å²) in [6.07, 6.45) is -3.35. The lowest BCUT2D eigenvalue weighted by Crippen LogP contribution is -2.40. The Labute approximate surface area is 152 Å². The molecule has 2 aromatic rings. The molecule has 8 nitrogen and oxygen atoms in total. The first-order valence-corrected chi connectivity index (χ1v) is 8.42. The molecular weight excluding hydrogens is 367 g/mol. The van der Waals surface area contributed by atoms with E-state index in [-0.39, 0.29) is 24.5 Å². The van der Waals surface area contributed by atoms with Gasteiger partial charge in [-0.25, -0.2) is 14.3 Å². The Hall–Kier alpha value is -2.72. The topological polar surface area (TPSA) is 101 Å². The molecule has 1 amide bonds. The van der Waals surface area contributed by atoms with Crippen molar-refractivity contribution >= 4 is 17.7 Å². The van der Waals surface area contributed by atoms with Crippen molar-refractivity contribution in [3.63, 3.8) is 0 Å². The zero-order valence-electron chi connectivity index (χ0n) is 14.7. The molecule has 0 radical (unpaired) electrons. The minimum atomic E-state index is -4.67. The molecule has 1 fully saturated rings. The van der Waals surface area contributed by atoms with Gasteiger partial charge >= 0.3 is 12.1 Å². The molecule has 0 unspecified atom stereocenters. The lowest BCUT2D eigenvalue weighted by molar-refractivity contribution is -0.148. The fourth-order valence-electron chi connectivity index (χ4n) is 3.39. The zero-order valence-corrected chi connectivity index (χ0v) is 14.7. The number of aryl methyl sites for hydroxylation is 2. The molecule has 1 atom stereocenters. The predicted molar refractivity (Wildman–Crippen MR) is 85.9 cm³/mol. The van der Waals surface area contributed by atoms with Crippen LogP contribution in [0.2, 0.25) is 0 Å². The number of hydrogen-bond acceptors (Lipinski definition) is 5. The molecule has 0 aliphatic carbocycles. The van der Waals surface area contributed by atoms with E-state index in [0.29, 0.717) is 36.3 Å². The molecule has 0 aromatic carbocycles. The summed E-state index contributed by atoms with van der Waals surface area (Å²) in [4.78, 5) is 32.4. The molecule has 3 rings (SSSR count). The molecule has 0 bridgehead atoms. The van der Waals surface area contributed by atoms with Crippen molar-refractivity contribution in [3.05, 3.63) is 22.8 Å². The summed E-state index contributed by atoms with van der Waals surface area (Å²) in [5.74, 6) is -2.75. The van der Waals surface area contributed by atoms with Crippen LogP contribution in [0.4, 0.5) is 13.2 Å². The van der Waals surface area contributed by atoms with Crippen molar-refractivity contribution in [1.82, 2.24) is 24.5 Å². The average molecular weight is 385 g/mol. The smallest absolute Gasteiger partial charge is 0.453 e. The van der Waals surface area contributed by atoms with E-state index < -0.39 is 24.0 Å². The third-order valence-electron chi connectivity index (χ3n) is 4.75. The Morgan fingerprint density at radius 2 is 1.96 bits per heavy atom. The van der Waals surface area contributed by atoms with Crippen molar-refractivity contribution in [2.24, 2.45) is 0 Å². The van der Waals surface area contributed by atoms with E-state index in [1.165, 1.54) is 4.90 Å². The van der Waals surface area contributed by atoms with E-state index >= 15 is 0 Å². The van der Waals surface area contributed by atoms with E-state index in [9.17, 15) is 27.9 Å². The molecule has 146 valence electrons.